The molecule has 0 aliphatic carbocycles. The molecule has 0 unspecified atom stereocenters. The smallest absolute Gasteiger partial charge is 0.264 e. The third kappa shape index (κ3) is 7.72. The molecule has 0 saturated heterocycles. The maximum absolute atomic E-state index is 14.9. The Morgan fingerprint density at radius 1 is 1.10 bits per heavy atom. The van der Waals surface area contributed by atoms with Gasteiger partial charge in [-0.1, -0.05) is 19.9 Å². The zero-order valence-electron chi connectivity index (χ0n) is 23.6. The first-order chi connectivity index (χ1) is 17.7. The summed E-state index contributed by atoms with van der Waals surface area (Å²) in [6.45, 7) is 7.32. The molecule has 1 heterocycles. The molecule has 1 amide bonds. The van der Waals surface area contributed by atoms with E-state index in [2.05, 4.69) is 4.98 Å². The van der Waals surface area contributed by atoms with Crippen LogP contribution in [0, 0.1) is 11.6 Å². The number of aromatic nitrogens is 1. The Morgan fingerprint density at radius 2 is 1.77 bits per heavy atom. The van der Waals surface area contributed by atoms with Crippen molar-refractivity contribution in [2.45, 2.75) is 50.5 Å². The molecule has 0 bridgehead atoms. The van der Waals surface area contributed by atoms with Gasteiger partial charge in [0.15, 0.2) is 0 Å². The van der Waals surface area contributed by atoms with E-state index in [1.165, 1.54) is 37.6 Å². The average Bonchev–Trinajstić information content (AvgIpc) is 2.84. The number of pyridine rings is 1. The molecule has 0 spiro atoms. The number of carbonyl (C=O) groups excluding carboxylic acids is 1. The van der Waals surface area contributed by atoms with Crippen LogP contribution in [0.2, 0.25) is 0 Å². The summed E-state index contributed by atoms with van der Waals surface area (Å²) in [4.78, 5) is 18.6. The third-order valence-corrected chi connectivity index (χ3v) is 8.11. The van der Waals surface area contributed by atoms with Crippen molar-refractivity contribution < 1.29 is 26.7 Å². The summed E-state index contributed by atoms with van der Waals surface area (Å²) in [5.41, 5.74) is 1.64. The summed E-state index contributed by atoms with van der Waals surface area (Å²) in [5, 5.41) is 0. The van der Waals surface area contributed by atoms with Crippen LogP contribution in [0.4, 0.5) is 8.78 Å². The predicted octanol–water partition coefficient (Wildman–Crippen LogP) is 4.62. The summed E-state index contributed by atoms with van der Waals surface area (Å²) in [6.07, 6.45) is 1.15. The van der Waals surface area contributed by atoms with Crippen molar-refractivity contribution in [2.75, 3.05) is 21.2 Å². The number of rotatable bonds is 9. The first-order valence-electron chi connectivity index (χ1n) is 12.0. The number of hydrogen-bond donors (Lipinski definition) is 1. The molecule has 0 aliphatic heterocycles. The number of carbonyl (C=O) groups is 1. The van der Waals surface area contributed by atoms with Gasteiger partial charge in [-0.2, -0.15) is 0 Å². The maximum Gasteiger partial charge on any atom is 0.264 e. The van der Waals surface area contributed by atoms with Crippen molar-refractivity contribution in [3.63, 3.8) is 0 Å². The molecule has 1 radical (unpaired) electrons. The number of methoxy groups -OCH3 is 1. The van der Waals surface area contributed by atoms with E-state index in [0.717, 1.165) is 6.07 Å². The fourth-order valence-electron chi connectivity index (χ4n) is 4.12. The van der Waals surface area contributed by atoms with Crippen LogP contribution in [0.5, 0.6) is 5.88 Å². The largest absolute Gasteiger partial charge is 0.481 e. The van der Waals surface area contributed by atoms with E-state index in [-0.39, 0.29) is 68.6 Å². The molecule has 1 N–H and O–H groups in total. The molecular weight excluding hydrogens is 551 g/mol. The van der Waals surface area contributed by atoms with Crippen LogP contribution in [0.25, 0.3) is 11.1 Å². The second-order valence-corrected chi connectivity index (χ2v) is 11.7. The molecule has 0 aliphatic rings. The van der Waals surface area contributed by atoms with Gasteiger partial charge in [0.2, 0.25) is 11.8 Å². The van der Waals surface area contributed by atoms with E-state index >= 15 is 0 Å². The zero-order valence-corrected chi connectivity index (χ0v) is 27.5. The van der Waals surface area contributed by atoms with E-state index in [0.29, 0.717) is 33.7 Å². The van der Waals surface area contributed by atoms with Gasteiger partial charge in [-0.05, 0) is 86.4 Å². The summed E-state index contributed by atoms with van der Waals surface area (Å²) in [6, 6.07) is 9.46. The van der Waals surface area contributed by atoms with E-state index in [4.69, 9.17) is 4.74 Å². The van der Waals surface area contributed by atoms with Gasteiger partial charge in [0.1, 0.15) is 11.6 Å². The van der Waals surface area contributed by atoms with Crippen molar-refractivity contribution in [1.82, 2.24) is 14.6 Å². The summed E-state index contributed by atoms with van der Waals surface area (Å²) >= 11 is 0. The Balaban J connectivity index is 0.00000533. The Labute approximate surface area is 271 Å². The average molecular weight is 585 g/mol. The van der Waals surface area contributed by atoms with Crippen molar-refractivity contribution >= 4 is 67.3 Å². The van der Waals surface area contributed by atoms with Crippen LogP contribution in [0.3, 0.4) is 0 Å². The van der Waals surface area contributed by atoms with Gasteiger partial charge in [-0.3, -0.25) is 4.79 Å². The van der Waals surface area contributed by atoms with E-state index in [1.54, 1.807) is 26.2 Å². The zero-order chi connectivity index (χ0) is 28.4. The van der Waals surface area contributed by atoms with E-state index in [9.17, 15) is 22.0 Å². The summed E-state index contributed by atoms with van der Waals surface area (Å²) in [7, 11) is 0.667. The van der Waals surface area contributed by atoms with Gasteiger partial charge in [0, 0.05) is 74.8 Å². The van der Waals surface area contributed by atoms with Gasteiger partial charge < -0.3 is 9.64 Å². The summed E-state index contributed by atoms with van der Waals surface area (Å²) < 4.78 is 62.7. The molecule has 11 heteroatoms. The molecule has 0 saturated carbocycles. The Morgan fingerprint density at radius 3 is 2.33 bits per heavy atom. The number of hydrogen-bond acceptors (Lipinski definition) is 6. The van der Waals surface area contributed by atoms with Crippen molar-refractivity contribution in [2.24, 2.45) is 0 Å². The molecule has 2 aromatic carbocycles. The third-order valence-electron chi connectivity index (χ3n) is 6.74. The first kappa shape index (κ1) is 33.5. The standard InChI is InChI=1S/C28H33F2N3O4S.K/c1-17(2)21-13-19(29)14-22(18-10-11-31-27(12-18)37-7)23(21)16-26(34)32-38(35,36)20-8-9-24(25(30)15-20)28(3,4)33(5)6;/h8-15,17H,16H2,1-7H3,(H,32,34);. The van der Waals surface area contributed by atoms with Crippen LogP contribution in [-0.2, 0) is 26.8 Å². The number of amides is 1. The quantitative estimate of drug-likeness (QED) is 0.369. The number of nitrogens with zero attached hydrogens (tertiary/aromatic N) is 2. The minimum atomic E-state index is -4.37. The van der Waals surface area contributed by atoms with Crippen LogP contribution < -0.4 is 9.46 Å². The molecule has 3 aromatic rings. The van der Waals surface area contributed by atoms with Gasteiger partial charge in [0.25, 0.3) is 10.0 Å². The molecular formula is C28H33F2KN3O4S. The van der Waals surface area contributed by atoms with Gasteiger partial charge >= 0.3 is 0 Å². The molecule has 39 heavy (non-hydrogen) atoms. The fourth-order valence-corrected chi connectivity index (χ4v) is 5.12. The van der Waals surface area contributed by atoms with Crippen LogP contribution >= 0.6 is 0 Å². The minimum absolute atomic E-state index is 0. The van der Waals surface area contributed by atoms with Crippen molar-refractivity contribution in [3.05, 3.63) is 77.0 Å². The van der Waals surface area contributed by atoms with Gasteiger partial charge in [-0.25, -0.2) is 26.9 Å². The number of nitrogens with one attached hydrogen (secondary N) is 1. The topological polar surface area (TPSA) is 88.6 Å². The Hall–Kier alpha value is -1.73. The first-order valence-corrected chi connectivity index (χ1v) is 13.5. The number of ether oxygens (including phenoxy) is 1. The maximum atomic E-state index is 14.9. The molecule has 0 fully saturated rings. The second-order valence-electron chi connectivity index (χ2n) is 10.1. The normalized spacial score (nSPS) is 11.9. The molecule has 3 rings (SSSR count). The number of benzene rings is 2. The van der Waals surface area contributed by atoms with Gasteiger partial charge in [-0.15, -0.1) is 0 Å². The second kappa shape index (κ2) is 13.3. The van der Waals surface area contributed by atoms with Crippen LogP contribution in [0.1, 0.15) is 50.3 Å². The Bertz CT molecular complexity index is 1460. The van der Waals surface area contributed by atoms with Crippen LogP contribution in [-0.4, -0.2) is 96.8 Å². The van der Waals surface area contributed by atoms with E-state index in [1.807, 2.05) is 37.3 Å². The number of halogens is 2. The molecule has 205 valence electrons. The van der Waals surface area contributed by atoms with E-state index < -0.39 is 33.1 Å². The molecule has 1 aromatic heterocycles. The fraction of sp³-hybridized carbons (Fsp3) is 0.357. The van der Waals surface area contributed by atoms with Crippen LogP contribution in [0.15, 0.2) is 53.6 Å². The van der Waals surface area contributed by atoms with Gasteiger partial charge in [0.05, 0.1) is 18.4 Å². The Kier molecular flexibility index (Phi) is 11.4. The van der Waals surface area contributed by atoms with Crippen molar-refractivity contribution in [1.29, 1.82) is 0 Å². The SMILES string of the molecule is COc1cc(-c2cc(F)cc(C(C)C)c2CC(=O)NS(=O)(=O)c2ccc(C(C)(C)N(C)C)c(F)c2)ccn1.[K]. The predicted molar refractivity (Wildman–Crippen MR) is 148 cm³/mol. The number of sulfonamides is 1. The minimum Gasteiger partial charge on any atom is -0.481 e. The van der Waals surface area contributed by atoms with Crippen molar-refractivity contribution in [3.8, 4) is 17.0 Å². The summed E-state index contributed by atoms with van der Waals surface area (Å²) in [5.74, 6) is -1.88. The monoisotopic (exact) mass is 584 g/mol. The molecule has 0 atom stereocenters. The molecule has 7 nitrogen and oxygen atoms in total.